The minimum absolute atomic E-state index is 0.0908. The summed E-state index contributed by atoms with van der Waals surface area (Å²) in [6.07, 6.45) is 0. The Bertz CT molecular complexity index is 581. The van der Waals surface area contributed by atoms with Gasteiger partial charge in [0.25, 0.3) is 0 Å². The predicted octanol–water partition coefficient (Wildman–Crippen LogP) is 3.84. The fraction of sp³-hybridized carbons (Fsp3) is 0.278. The topological polar surface area (TPSA) is 35.5 Å². The third-order valence-corrected chi connectivity index (χ3v) is 3.09. The minimum Gasteiger partial charge on any atom is -0.462 e. The van der Waals surface area contributed by atoms with E-state index < -0.39 is 0 Å². The van der Waals surface area contributed by atoms with E-state index in [1.54, 1.807) is 36.4 Å². The fourth-order valence-corrected chi connectivity index (χ4v) is 1.88. The first-order valence-corrected chi connectivity index (χ1v) is 7.19. The van der Waals surface area contributed by atoms with Crippen molar-refractivity contribution in [2.45, 2.75) is 13.5 Å². The summed E-state index contributed by atoms with van der Waals surface area (Å²) < 4.78 is 23.5. The molecule has 0 N–H and O–H groups in total. The largest absolute Gasteiger partial charge is 0.462 e. The number of esters is 1. The zero-order valence-corrected chi connectivity index (χ0v) is 12.5. The van der Waals surface area contributed by atoms with Crippen LogP contribution in [0.3, 0.4) is 0 Å². The van der Waals surface area contributed by atoms with E-state index in [4.69, 9.17) is 9.47 Å². The molecule has 2 rings (SSSR count). The average molecular weight is 302 g/mol. The van der Waals surface area contributed by atoms with Gasteiger partial charge in [-0.15, -0.1) is 0 Å². The Balaban J connectivity index is 1.66. The SMILES string of the molecule is CC(COCc1ccc(F)cc1)COC(=O)c1ccccc1. The lowest BCUT2D eigenvalue weighted by Crippen LogP contribution is -2.16. The maximum absolute atomic E-state index is 12.8. The zero-order valence-electron chi connectivity index (χ0n) is 12.5. The number of rotatable bonds is 7. The van der Waals surface area contributed by atoms with Crippen LogP contribution in [0.4, 0.5) is 4.39 Å². The van der Waals surface area contributed by atoms with Crippen molar-refractivity contribution in [1.29, 1.82) is 0 Å². The van der Waals surface area contributed by atoms with Crippen LogP contribution in [-0.2, 0) is 16.1 Å². The van der Waals surface area contributed by atoms with E-state index in [1.165, 1.54) is 12.1 Å². The molecule has 0 heterocycles. The maximum Gasteiger partial charge on any atom is 0.338 e. The summed E-state index contributed by atoms with van der Waals surface area (Å²) in [6, 6.07) is 15.1. The van der Waals surface area contributed by atoms with Gasteiger partial charge in [-0.05, 0) is 29.8 Å². The number of halogens is 1. The first-order chi connectivity index (χ1) is 10.6. The molecule has 22 heavy (non-hydrogen) atoms. The molecule has 0 fully saturated rings. The lowest BCUT2D eigenvalue weighted by Gasteiger charge is -2.12. The van der Waals surface area contributed by atoms with Gasteiger partial charge in [0.15, 0.2) is 0 Å². The van der Waals surface area contributed by atoms with E-state index in [-0.39, 0.29) is 17.7 Å². The van der Waals surface area contributed by atoms with Gasteiger partial charge >= 0.3 is 5.97 Å². The molecule has 116 valence electrons. The molecule has 2 aromatic rings. The normalized spacial score (nSPS) is 11.9. The molecule has 3 nitrogen and oxygen atoms in total. The third kappa shape index (κ3) is 5.30. The van der Waals surface area contributed by atoms with Gasteiger partial charge in [-0.3, -0.25) is 0 Å². The Kier molecular flexibility index (Phi) is 6.10. The average Bonchev–Trinajstić information content (AvgIpc) is 2.55. The van der Waals surface area contributed by atoms with Crippen molar-refractivity contribution in [1.82, 2.24) is 0 Å². The quantitative estimate of drug-likeness (QED) is 0.729. The highest BCUT2D eigenvalue weighted by atomic mass is 19.1. The highest BCUT2D eigenvalue weighted by molar-refractivity contribution is 5.89. The number of carbonyl (C=O) groups is 1. The van der Waals surface area contributed by atoms with Gasteiger partial charge in [-0.25, -0.2) is 9.18 Å². The molecule has 0 aliphatic rings. The summed E-state index contributed by atoms with van der Waals surface area (Å²) in [4.78, 5) is 11.8. The number of benzene rings is 2. The standard InChI is InChI=1S/C18H19FO3/c1-14(11-21-13-15-7-9-17(19)10-8-15)12-22-18(20)16-5-3-2-4-6-16/h2-10,14H,11-13H2,1H3. The molecule has 0 radical (unpaired) electrons. The lowest BCUT2D eigenvalue weighted by molar-refractivity contribution is 0.0291. The lowest BCUT2D eigenvalue weighted by atomic mass is 10.2. The Morgan fingerprint density at radius 2 is 1.73 bits per heavy atom. The van der Waals surface area contributed by atoms with Crippen molar-refractivity contribution in [2.24, 2.45) is 5.92 Å². The van der Waals surface area contributed by atoms with Crippen LogP contribution in [0.1, 0.15) is 22.8 Å². The molecule has 0 aromatic heterocycles. The molecule has 1 unspecified atom stereocenters. The minimum atomic E-state index is -0.328. The van der Waals surface area contributed by atoms with Gasteiger partial charge in [0.05, 0.1) is 25.4 Å². The Morgan fingerprint density at radius 3 is 2.41 bits per heavy atom. The van der Waals surface area contributed by atoms with Crippen LogP contribution >= 0.6 is 0 Å². The Morgan fingerprint density at radius 1 is 1.05 bits per heavy atom. The fourth-order valence-electron chi connectivity index (χ4n) is 1.88. The van der Waals surface area contributed by atoms with Crippen LogP contribution in [0.2, 0.25) is 0 Å². The third-order valence-electron chi connectivity index (χ3n) is 3.09. The van der Waals surface area contributed by atoms with Gasteiger partial charge in [0.1, 0.15) is 5.82 Å². The van der Waals surface area contributed by atoms with Crippen LogP contribution < -0.4 is 0 Å². The van der Waals surface area contributed by atoms with Gasteiger partial charge in [-0.2, -0.15) is 0 Å². The Labute approximate surface area is 129 Å². The predicted molar refractivity (Wildman–Crippen MR) is 81.9 cm³/mol. The van der Waals surface area contributed by atoms with Crippen LogP contribution in [0, 0.1) is 11.7 Å². The van der Waals surface area contributed by atoms with Crippen molar-refractivity contribution in [3.8, 4) is 0 Å². The first-order valence-electron chi connectivity index (χ1n) is 7.19. The summed E-state index contributed by atoms with van der Waals surface area (Å²) in [5, 5.41) is 0. The number of carbonyl (C=O) groups excluding carboxylic acids is 1. The molecular formula is C18H19FO3. The van der Waals surface area contributed by atoms with Crippen molar-refractivity contribution < 1.29 is 18.7 Å². The van der Waals surface area contributed by atoms with Crippen LogP contribution in [0.25, 0.3) is 0 Å². The molecule has 0 spiro atoms. The molecule has 0 aliphatic carbocycles. The van der Waals surface area contributed by atoms with Crippen molar-refractivity contribution in [3.05, 3.63) is 71.5 Å². The molecule has 2 aromatic carbocycles. The number of hydrogen-bond acceptors (Lipinski definition) is 3. The maximum atomic E-state index is 12.8. The van der Waals surface area contributed by atoms with E-state index >= 15 is 0 Å². The summed E-state index contributed by atoms with van der Waals surface area (Å²) in [5.41, 5.74) is 1.46. The summed E-state index contributed by atoms with van der Waals surface area (Å²) in [6.45, 7) is 3.14. The van der Waals surface area contributed by atoms with E-state index in [0.717, 1.165) is 5.56 Å². The van der Waals surface area contributed by atoms with Gasteiger partial charge in [0, 0.05) is 5.92 Å². The van der Waals surface area contributed by atoms with Gasteiger partial charge < -0.3 is 9.47 Å². The zero-order chi connectivity index (χ0) is 15.8. The summed E-state index contributed by atoms with van der Waals surface area (Å²) >= 11 is 0. The molecule has 1 atom stereocenters. The first kappa shape index (κ1) is 16.2. The summed E-state index contributed by atoms with van der Waals surface area (Å²) in [7, 11) is 0. The van der Waals surface area contributed by atoms with Crippen molar-refractivity contribution in [2.75, 3.05) is 13.2 Å². The molecule has 0 amide bonds. The van der Waals surface area contributed by atoms with E-state index in [2.05, 4.69) is 0 Å². The van der Waals surface area contributed by atoms with E-state index in [1.807, 2.05) is 13.0 Å². The second-order valence-electron chi connectivity index (χ2n) is 5.21. The van der Waals surface area contributed by atoms with Crippen molar-refractivity contribution in [3.63, 3.8) is 0 Å². The number of hydrogen-bond donors (Lipinski definition) is 0. The number of ether oxygens (including phenoxy) is 2. The molecular weight excluding hydrogens is 283 g/mol. The molecule has 0 saturated heterocycles. The van der Waals surface area contributed by atoms with Crippen LogP contribution in [0.5, 0.6) is 0 Å². The van der Waals surface area contributed by atoms with E-state index in [0.29, 0.717) is 25.4 Å². The van der Waals surface area contributed by atoms with Crippen LogP contribution in [0.15, 0.2) is 54.6 Å². The monoisotopic (exact) mass is 302 g/mol. The molecule has 4 heteroatoms. The summed E-state index contributed by atoms with van der Waals surface area (Å²) in [5.74, 6) is -0.496. The second kappa shape index (κ2) is 8.29. The van der Waals surface area contributed by atoms with Gasteiger partial charge in [0.2, 0.25) is 0 Å². The highest BCUT2D eigenvalue weighted by Crippen LogP contribution is 2.07. The van der Waals surface area contributed by atoms with Gasteiger partial charge in [-0.1, -0.05) is 37.3 Å². The smallest absolute Gasteiger partial charge is 0.338 e. The van der Waals surface area contributed by atoms with Crippen LogP contribution in [-0.4, -0.2) is 19.2 Å². The highest BCUT2D eigenvalue weighted by Gasteiger charge is 2.09. The molecule has 0 bridgehead atoms. The Hall–Kier alpha value is -2.20. The molecule has 0 saturated carbocycles. The molecule has 0 aliphatic heterocycles. The van der Waals surface area contributed by atoms with Crippen molar-refractivity contribution >= 4 is 5.97 Å². The second-order valence-corrected chi connectivity index (χ2v) is 5.21. The van der Waals surface area contributed by atoms with E-state index in [9.17, 15) is 9.18 Å².